The number of hydrogen-bond acceptors (Lipinski definition) is 5. The molecule has 2 heterocycles. The van der Waals surface area contributed by atoms with Gasteiger partial charge in [-0.25, -0.2) is 9.48 Å². The second-order valence-electron chi connectivity index (χ2n) is 4.44. The maximum Gasteiger partial charge on any atom is 0.358 e. The van der Waals surface area contributed by atoms with Gasteiger partial charge >= 0.3 is 5.97 Å². The normalized spacial score (nSPS) is 10.4. The molecule has 0 saturated heterocycles. The van der Waals surface area contributed by atoms with Gasteiger partial charge in [0.2, 0.25) is 0 Å². The molecule has 0 radical (unpaired) electrons. The van der Waals surface area contributed by atoms with Crippen LogP contribution in [0.2, 0.25) is 0 Å². The second kappa shape index (κ2) is 5.65. The molecule has 1 aromatic carbocycles. The van der Waals surface area contributed by atoms with Crippen LogP contribution in [0.4, 0.5) is 0 Å². The Bertz CT molecular complexity index is 797. The van der Waals surface area contributed by atoms with Gasteiger partial charge in [-0.3, -0.25) is 4.98 Å². The number of pyridine rings is 1. The minimum absolute atomic E-state index is 0.121. The Morgan fingerprint density at radius 2 is 2.00 bits per heavy atom. The highest BCUT2D eigenvalue weighted by atomic mass is 16.5. The van der Waals surface area contributed by atoms with E-state index in [1.54, 1.807) is 55.9 Å². The number of hydrogen-bond donors (Lipinski definition) is 1. The molecule has 3 rings (SSSR count). The molecular formula is C15H12N4O3. The van der Waals surface area contributed by atoms with Crippen molar-refractivity contribution in [3.63, 3.8) is 0 Å². The maximum absolute atomic E-state index is 11.4. The van der Waals surface area contributed by atoms with Crippen LogP contribution >= 0.6 is 0 Å². The molecule has 0 unspecified atom stereocenters. The molecule has 2 aromatic heterocycles. The van der Waals surface area contributed by atoms with Crippen LogP contribution < -0.4 is 4.74 Å². The fourth-order valence-electron chi connectivity index (χ4n) is 2.09. The Morgan fingerprint density at radius 3 is 2.59 bits per heavy atom. The minimum atomic E-state index is -1.14. The molecule has 7 nitrogen and oxygen atoms in total. The molecular weight excluding hydrogens is 284 g/mol. The van der Waals surface area contributed by atoms with Crippen LogP contribution in [0.15, 0.2) is 48.8 Å². The summed E-state index contributed by atoms with van der Waals surface area (Å²) in [6.45, 7) is 0. The summed E-state index contributed by atoms with van der Waals surface area (Å²) in [4.78, 5) is 15.4. The van der Waals surface area contributed by atoms with Crippen molar-refractivity contribution in [2.45, 2.75) is 0 Å². The molecule has 0 aliphatic heterocycles. The third kappa shape index (κ3) is 2.39. The number of benzene rings is 1. The number of carboxylic acids is 1. The third-order valence-electron chi connectivity index (χ3n) is 3.12. The third-order valence-corrected chi connectivity index (χ3v) is 3.12. The molecule has 0 fully saturated rings. The van der Waals surface area contributed by atoms with Gasteiger partial charge < -0.3 is 9.84 Å². The van der Waals surface area contributed by atoms with Crippen LogP contribution in [0.25, 0.3) is 16.9 Å². The minimum Gasteiger partial charge on any atom is -0.497 e. The van der Waals surface area contributed by atoms with Gasteiger partial charge in [-0.1, -0.05) is 5.21 Å². The topological polar surface area (TPSA) is 90.1 Å². The number of aromatic carboxylic acids is 1. The van der Waals surface area contributed by atoms with Crippen molar-refractivity contribution in [3.8, 4) is 22.7 Å². The zero-order valence-corrected chi connectivity index (χ0v) is 11.7. The first-order chi connectivity index (χ1) is 10.7. The molecule has 7 heteroatoms. The van der Waals surface area contributed by atoms with E-state index in [9.17, 15) is 9.90 Å². The number of carboxylic acid groups (broad SMARTS) is 1. The average Bonchev–Trinajstić information content (AvgIpc) is 3.01. The molecule has 0 aliphatic carbocycles. The Hall–Kier alpha value is -3.22. The van der Waals surface area contributed by atoms with Crippen molar-refractivity contribution in [2.75, 3.05) is 7.11 Å². The highest BCUT2D eigenvalue weighted by Crippen LogP contribution is 2.25. The quantitative estimate of drug-likeness (QED) is 0.792. The summed E-state index contributed by atoms with van der Waals surface area (Å²) in [6, 6.07) is 10.6. The van der Waals surface area contributed by atoms with Crippen molar-refractivity contribution >= 4 is 5.97 Å². The summed E-state index contributed by atoms with van der Waals surface area (Å²) in [5.41, 5.74) is 1.56. The van der Waals surface area contributed by atoms with E-state index in [0.717, 1.165) is 0 Å². The van der Waals surface area contributed by atoms with Crippen molar-refractivity contribution in [1.82, 2.24) is 20.0 Å². The van der Waals surface area contributed by atoms with E-state index in [2.05, 4.69) is 15.3 Å². The first-order valence-corrected chi connectivity index (χ1v) is 6.44. The first kappa shape index (κ1) is 13.7. The highest BCUT2D eigenvalue weighted by Gasteiger charge is 2.21. The molecule has 0 bridgehead atoms. The van der Waals surface area contributed by atoms with Crippen LogP contribution in [-0.4, -0.2) is 38.2 Å². The van der Waals surface area contributed by atoms with E-state index in [1.165, 1.54) is 4.68 Å². The van der Waals surface area contributed by atoms with Crippen LogP contribution in [0.3, 0.4) is 0 Å². The molecule has 0 atom stereocenters. The zero-order valence-electron chi connectivity index (χ0n) is 11.7. The summed E-state index contributed by atoms with van der Waals surface area (Å²) < 4.78 is 6.59. The van der Waals surface area contributed by atoms with E-state index in [0.29, 0.717) is 22.7 Å². The predicted molar refractivity (Wildman–Crippen MR) is 78.1 cm³/mol. The summed E-state index contributed by atoms with van der Waals surface area (Å²) in [6.07, 6.45) is 3.19. The lowest BCUT2D eigenvalue weighted by Gasteiger charge is -2.07. The standard InChI is InChI=1S/C15H12N4O3/c1-22-12-6-4-11(5-7-12)19-14(10-3-2-8-16-9-10)13(15(20)21)17-18-19/h2-9H,1H3,(H,20,21). The van der Waals surface area contributed by atoms with Crippen LogP contribution in [0, 0.1) is 0 Å². The fraction of sp³-hybridized carbons (Fsp3) is 0.0667. The van der Waals surface area contributed by atoms with Gasteiger partial charge in [0.25, 0.3) is 0 Å². The Labute approximate surface area is 125 Å². The van der Waals surface area contributed by atoms with Crippen molar-refractivity contribution in [1.29, 1.82) is 0 Å². The van der Waals surface area contributed by atoms with Gasteiger partial charge in [-0.15, -0.1) is 5.10 Å². The van der Waals surface area contributed by atoms with Gasteiger partial charge in [0.05, 0.1) is 12.8 Å². The Balaban J connectivity index is 2.17. The second-order valence-corrected chi connectivity index (χ2v) is 4.44. The lowest BCUT2D eigenvalue weighted by Crippen LogP contribution is -2.03. The van der Waals surface area contributed by atoms with E-state index in [1.807, 2.05) is 0 Å². The number of methoxy groups -OCH3 is 1. The van der Waals surface area contributed by atoms with Crippen molar-refractivity contribution in [2.24, 2.45) is 0 Å². The van der Waals surface area contributed by atoms with Gasteiger partial charge in [-0.2, -0.15) is 0 Å². The van der Waals surface area contributed by atoms with Crippen molar-refractivity contribution in [3.05, 3.63) is 54.5 Å². The molecule has 22 heavy (non-hydrogen) atoms. The van der Waals surface area contributed by atoms with Gasteiger partial charge in [0, 0.05) is 18.0 Å². The first-order valence-electron chi connectivity index (χ1n) is 6.44. The van der Waals surface area contributed by atoms with Crippen LogP contribution in [0.1, 0.15) is 10.5 Å². The summed E-state index contributed by atoms with van der Waals surface area (Å²) in [7, 11) is 1.58. The summed E-state index contributed by atoms with van der Waals surface area (Å²) in [5, 5.41) is 17.0. The zero-order chi connectivity index (χ0) is 15.5. The number of aromatic nitrogens is 4. The highest BCUT2D eigenvalue weighted by molar-refractivity contribution is 5.92. The van der Waals surface area contributed by atoms with E-state index >= 15 is 0 Å². The van der Waals surface area contributed by atoms with Crippen LogP contribution in [-0.2, 0) is 0 Å². The maximum atomic E-state index is 11.4. The molecule has 110 valence electrons. The largest absolute Gasteiger partial charge is 0.497 e. The Morgan fingerprint density at radius 1 is 1.23 bits per heavy atom. The molecule has 3 aromatic rings. The van der Waals surface area contributed by atoms with Crippen molar-refractivity contribution < 1.29 is 14.6 Å². The Kier molecular flexibility index (Phi) is 3.53. The van der Waals surface area contributed by atoms with E-state index < -0.39 is 5.97 Å². The van der Waals surface area contributed by atoms with Crippen LogP contribution in [0.5, 0.6) is 5.75 Å². The fourth-order valence-corrected chi connectivity index (χ4v) is 2.09. The lowest BCUT2D eigenvalue weighted by molar-refractivity contribution is 0.0691. The average molecular weight is 296 g/mol. The molecule has 0 amide bonds. The smallest absolute Gasteiger partial charge is 0.358 e. The monoisotopic (exact) mass is 296 g/mol. The van der Waals surface area contributed by atoms with E-state index in [-0.39, 0.29) is 5.69 Å². The summed E-state index contributed by atoms with van der Waals surface area (Å²) >= 11 is 0. The van der Waals surface area contributed by atoms with Gasteiger partial charge in [0.1, 0.15) is 11.4 Å². The number of nitrogens with zero attached hydrogens (tertiary/aromatic N) is 4. The molecule has 0 aliphatic rings. The number of carbonyl (C=O) groups is 1. The lowest BCUT2D eigenvalue weighted by atomic mass is 10.1. The molecule has 0 saturated carbocycles. The van der Waals surface area contributed by atoms with Gasteiger partial charge in [-0.05, 0) is 36.4 Å². The molecule has 1 N–H and O–H groups in total. The van der Waals surface area contributed by atoms with Gasteiger partial charge in [0.15, 0.2) is 5.69 Å². The van der Waals surface area contributed by atoms with E-state index in [4.69, 9.17) is 4.74 Å². The number of ether oxygens (including phenoxy) is 1. The predicted octanol–water partition coefficient (Wildman–Crippen LogP) is 2.04. The SMILES string of the molecule is COc1ccc(-n2nnc(C(=O)O)c2-c2cccnc2)cc1. The number of rotatable bonds is 4. The summed E-state index contributed by atoms with van der Waals surface area (Å²) in [5.74, 6) is -0.441. The molecule has 0 spiro atoms.